The summed E-state index contributed by atoms with van der Waals surface area (Å²) >= 11 is 0. The van der Waals surface area contributed by atoms with E-state index in [1.807, 2.05) is 18.2 Å². The monoisotopic (exact) mass is 274 g/mol. The normalized spacial score (nSPS) is 21.8. The highest BCUT2D eigenvalue weighted by molar-refractivity contribution is 5.96. The van der Waals surface area contributed by atoms with E-state index in [1.165, 1.54) is 6.42 Å². The molecule has 20 heavy (non-hydrogen) atoms. The van der Waals surface area contributed by atoms with Crippen molar-refractivity contribution in [2.24, 2.45) is 5.92 Å². The fourth-order valence-electron chi connectivity index (χ4n) is 2.91. The fraction of sp³-hybridized carbons (Fsp3) is 0.533. The summed E-state index contributed by atoms with van der Waals surface area (Å²) in [5.74, 6) is 0.607. The Morgan fingerprint density at radius 3 is 2.90 bits per heavy atom. The highest BCUT2D eigenvalue weighted by atomic mass is 16.1. The third-order valence-corrected chi connectivity index (χ3v) is 4.08. The minimum Gasteiger partial charge on any atom is -0.382 e. The highest BCUT2D eigenvalue weighted by Crippen LogP contribution is 2.25. The minimum atomic E-state index is 0.0229. The predicted molar refractivity (Wildman–Crippen MR) is 81.4 cm³/mol. The van der Waals surface area contributed by atoms with Crippen LogP contribution < -0.4 is 16.0 Å². The van der Waals surface area contributed by atoms with E-state index in [9.17, 15) is 4.79 Å². The van der Waals surface area contributed by atoms with Crippen molar-refractivity contribution in [1.29, 1.82) is 0 Å². The van der Waals surface area contributed by atoms with Crippen molar-refractivity contribution in [3.63, 3.8) is 0 Å². The average molecular weight is 274 g/mol. The quantitative estimate of drug-likeness (QED) is 0.775. The Bertz CT molecular complexity index is 503. The first-order chi connectivity index (χ1) is 9.72. The van der Waals surface area contributed by atoms with Gasteiger partial charge in [-0.1, -0.05) is 0 Å². The van der Waals surface area contributed by atoms with Crippen molar-refractivity contribution in [3.05, 3.63) is 23.8 Å². The molecule has 2 aliphatic rings. The van der Waals surface area contributed by atoms with Gasteiger partial charge in [0, 0.05) is 31.7 Å². The van der Waals surface area contributed by atoms with Gasteiger partial charge in [0.15, 0.2) is 0 Å². The number of nitrogens with zero attached hydrogens (tertiary/aromatic N) is 1. The van der Waals surface area contributed by atoms with Gasteiger partial charge < -0.3 is 20.9 Å². The van der Waals surface area contributed by atoms with Crippen molar-refractivity contribution in [3.8, 4) is 0 Å². The van der Waals surface area contributed by atoms with Gasteiger partial charge >= 0.3 is 0 Å². The molecular weight excluding hydrogens is 252 g/mol. The maximum absolute atomic E-state index is 12.2. The van der Waals surface area contributed by atoms with Gasteiger partial charge in [-0.2, -0.15) is 0 Å². The van der Waals surface area contributed by atoms with Crippen LogP contribution in [0.1, 0.15) is 16.8 Å². The molecule has 1 aromatic carbocycles. The zero-order chi connectivity index (χ0) is 13.9. The molecule has 1 saturated heterocycles. The van der Waals surface area contributed by atoms with Gasteiger partial charge in [0.2, 0.25) is 0 Å². The van der Waals surface area contributed by atoms with Crippen LogP contribution in [0.3, 0.4) is 0 Å². The molecule has 5 nitrogen and oxygen atoms in total. The summed E-state index contributed by atoms with van der Waals surface area (Å²) in [5.41, 5.74) is 2.82. The molecule has 1 amide bonds. The summed E-state index contributed by atoms with van der Waals surface area (Å²) in [4.78, 5) is 14.5. The van der Waals surface area contributed by atoms with E-state index in [0.717, 1.165) is 49.7 Å². The van der Waals surface area contributed by atoms with E-state index < -0.39 is 0 Å². The van der Waals surface area contributed by atoms with E-state index in [4.69, 9.17) is 0 Å². The summed E-state index contributed by atoms with van der Waals surface area (Å²) in [6.45, 7) is 4.80. The average Bonchev–Trinajstić information content (AvgIpc) is 2.90. The molecule has 1 fully saturated rings. The van der Waals surface area contributed by atoms with Gasteiger partial charge in [0.25, 0.3) is 5.91 Å². The molecule has 3 N–H and O–H groups in total. The molecular formula is C15H22N4O. The lowest BCUT2D eigenvalue weighted by Gasteiger charge is -2.20. The lowest BCUT2D eigenvalue weighted by molar-refractivity contribution is 0.0947. The Balaban J connectivity index is 1.59. The number of anilines is 2. The molecule has 108 valence electrons. The van der Waals surface area contributed by atoms with Crippen LogP contribution in [0, 0.1) is 5.92 Å². The molecule has 5 heteroatoms. The number of amides is 1. The van der Waals surface area contributed by atoms with Gasteiger partial charge in [-0.3, -0.25) is 4.79 Å². The number of nitrogens with one attached hydrogen (secondary N) is 3. The van der Waals surface area contributed by atoms with Crippen LogP contribution in [0.4, 0.5) is 11.4 Å². The number of carbonyl (C=O) groups excluding carboxylic acids is 1. The SMILES string of the molecule is CN1CCC(CNC(=O)c2ccc3c(c2)NCCN3)C1. The second kappa shape index (κ2) is 5.71. The second-order valence-electron chi connectivity index (χ2n) is 5.74. The number of rotatable bonds is 3. The van der Waals surface area contributed by atoms with Crippen LogP contribution in [-0.4, -0.2) is 50.6 Å². The molecule has 3 rings (SSSR count). The van der Waals surface area contributed by atoms with Crippen LogP contribution >= 0.6 is 0 Å². The first kappa shape index (κ1) is 13.2. The number of fused-ring (bicyclic) bond motifs is 1. The van der Waals surface area contributed by atoms with Crippen LogP contribution in [0.15, 0.2) is 18.2 Å². The van der Waals surface area contributed by atoms with E-state index >= 15 is 0 Å². The van der Waals surface area contributed by atoms with Gasteiger partial charge in [0.05, 0.1) is 11.4 Å². The van der Waals surface area contributed by atoms with E-state index in [1.54, 1.807) is 0 Å². The lowest BCUT2D eigenvalue weighted by atomic mass is 10.1. The summed E-state index contributed by atoms with van der Waals surface area (Å²) < 4.78 is 0. The number of carbonyl (C=O) groups is 1. The fourth-order valence-corrected chi connectivity index (χ4v) is 2.91. The van der Waals surface area contributed by atoms with Crippen LogP contribution in [-0.2, 0) is 0 Å². The Labute approximate surface area is 119 Å². The summed E-state index contributed by atoms with van der Waals surface area (Å²) in [5, 5.41) is 9.68. The van der Waals surface area contributed by atoms with E-state index in [0.29, 0.717) is 5.92 Å². The third-order valence-electron chi connectivity index (χ3n) is 4.08. The van der Waals surface area contributed by atoms with Crippen LogP contribution in [0.2, 0.25) is 0 Å². The number of likely N-dealkylation sites (tertiary alicyclic amines) is 1. The number of hydrogen-bond donors (Lipinski definition) is 3. The number of benzene rings is 1. The third kappa shape index (κ3) is 2.88. The standard InChI is InChI=1S/C15H22N4O/c1-19-7-4-11(10-19)9-18-15(20)12-2-3-13-14(8-12)17-6-5-16-13/h2-3,8,11,16-17H,4-7,9-10H2,1H3,(H,18,20). The minimum absolute atomic E-state index is 0.0229. The van der Waals surface area contributed by atoms with Gasteiger partial charge in [-0.25, -0.2) is 0 Å². The molecule has 2 heterocycles. The molecule has 1 unspecified atom stereocenters. The van der Waals surface area contributed by atoms with Crippen LogP contribution in [0.25, 0.3) is 0 Å². The molecule has 0 saturated carbocycles. The Morgan fingerprint density at radius 1 is 1.35 bits per heavy atom. The molecule has 0 radical (unpaired) electrons. The maximum atomic E-state index is 12.2. The van der Waals surface area contributed by atoms with Gasteiger partial charge in [0.1, 0.15) is 0 Å². The summed E-state index contributed by atoms with van der Waals surface area (Å²) in [6, 6.07) is 5.78. The van der Waals surface area contributed by atoms with Crippen molar-refractivity contribution >= 4 is 17.3 Å². The largest absolute Gasteiger partial charge is 0.382 e. The number of hydrogen-bond acceptors (Lipinski definition) is 4. The molecule has 0 bridgehead atoms. The van der Waals surface area contributed by atoms with Gasteiger partial charge in [-0.15, -0.1) is 0 Å². The molecule has 2 aliphatic heterocycles. The van der Waals surface area contributed by atoms with Gasteiger partial charge in [-0.05, 0) is 44.1 Å². The van der Waals surface area contributed by atoms with E-state index in [-0.39, 0.29) is 5.91 Å². The molecule has 0 aliphatic carbocycles. The maximum Gasteiger partial charge on any atom is 0.251 e. The van der Waals surface area contributed by atoms with Crippen LogP contribution in [0.5, 0.6) is 0 Å². The van der Waals surface area contributed by atoms with Crippen molar-refractivity contribution < 1.29 is 4.79 Å². The first-order valence-corrected chi connectivity index (χ1v) is 7.31. The first-order valence-electron chi connectivity index (χ1n) is 7.31. The Hall–Kier alpha value is -1.75. The van der Waals surface area contributed by atoms with Crippen molar-refractivity contribution in [2.75, 3.05) is 50.4 Å². The van der Waals surface area contributed by atoms with Crippen molar-refractivity contribution in [2.45, 2.75) is 6.42 Å². The zero-order valence-corrected chi connectivity index (χ0v) is 11.9. The topological polar surface area (TPSA) is 56.4 Å². The summed E-state index contributed by atoms with van der Waals surface area (Å²) in [6.07, 6.45) is 1.17. The van der Waals surface area contributed by atoms with Crippen molar-refractivity contribution in [1.82, 2.24) is 10.2 Å². The molecule has 0 spiro atoms. The predicted octanol–water partition coefficient (Wildman–Crippen LogP) is 1.21. The highest BCUT2D eigenvalue weighted by Gasteiger charge is 2.20. The lowest BCUT2D eigenvalue weighted by Crippen LogP contribution is -2.30. The Morgan fingerprint density at radius 2 is 2.15 bits per heavy atom. The zero-order valence-electron chi connectivity index (χ0n) is 11.9. The smallest absolute Gasteiger partial charge is 0.251 e. The molecule has 1 aromatic rings. The second-order valence-corrected chi connectivity index (χ2v) is 5.74. The summed E-state index contributed by atoms with van der Waals surface area (Å²) in [7, 11) is 2.13. The molecule has 1 atom stereocenters. The van der Waals surface area contributed by atoms with E-state index in [2.05, 4.69) is 27.9 Å². The Kier molecular flexibility index (Phi) is 3.78. The molecule has 0 aromatic heterocycles.